The van der Waals surface area contributed by atoms with Gasteiger partial charge in [0, 0.05) is 37.6 Å². The van der Waals surface area contributed by atoms with Crippen molar-refractivity contribution in [1.29, 1.82) is 0 Å². The summed E-state index contributed by atoms with van der Waals surface area (Å²) in [4.78, 5) is 6.84. The van der Waals surface area contributed by atoms with Gasteiger partial charge in [-0.3, -0.25) is 9.88 Å². The third-order valence-corrected chi connectivity index (χ3v) is 4.25. The Balaban J connectivity index is 1.71. The van der Waals surface area contributed by atoms with Gasteiger partial charge in [0.05, 0.1) is 0 Å². The number of pyridine rings is 1. The van der Waals surface area contributed by atoms with Gasteiger partial charge < -0.3 is 5.73 Å². The lowest BCUT2D eigenvalue weighted by atomic mass is 9.89. The summed E-state index contributed by atoms with van der Waals surface area (Å²) in [6.45, 7) is 2.27. The lowest BCUT2D eigenvalue weighted by Gasteiger charge is -2.39. The summed E-state index contributed by atoms with van der Waals surface area (Å²) in [5.74, 6) is 0. The molecule has 0 unspecified atom stereocenters. The molecule has 2 heterocycles. The van der Waals surface area contributed by atoms with Crippen LogP contribution in [0.15, 0.2) is 18.5 Å². The maximum Gasteiger partial charge on any atom is 0.0303 e. The van der Waals surface area contributed by atoms with Crippen molar-refractivity contribution < 1.29 is 0 Å². The second-order valence-corrected chi connectivity index (χ2v) is 5.45. The summed E-state index contributed by atoms with van der Waals surface area (Å²) < 4.78 is 0. The molecular formula is C14H21N3. The molecule has 2 atom stereocenters. The van der Waals surface area contributed by atoms with E-state index in [9.17, 15) is 0 Å². The Morgan fingerprint density at radius 1 is 1.29 bits per heavy atom. The van der Waals surface area contributed by atoms with Crippen LogP contribution in [0.4, 0.5) is 0 Å². The highest BCUT2D eigenvalue weighted by Gasteiger charge is 2.27. The summed E-state index contributed by atoms with van der Waals surface area (Å²) in [6, 6.07) is 3.30. The molecule has 2 aliphatic rings. The Morgan fingerprint density at radius 3 is 3.12 bits per heavy atom. The number of hydrogen-bond acceptors (Lipinski definition) is 3. The smallest absolute Gasteiger partial charge is 0.0303 e. The molecule has 92 valence electrons. The van der Waals surface area contributed by atoms with Crippen LogP contribution in [0.25, 0.3) is 0 Å². The predicted octanol–water partition coefficient (Wildman–Crippen LogP) is 1.71. The molecule has 1 aliphatic carbocycles. The maximum atomic E-state index is 6.09. The van der Waals surface area contributed by atoms with Crippen molar-refractivity contribution in [3.63, 3.8) is 0 Å². The van der Waals surface area contributed by atoms with Gasteiger partial charge in [-0.05, 0) is 42.9 Å². The molecule has 1 fully saturated rings. The zero-order valence-corrected chi connectivity index (χ0v) is 10.3. The van der Waals surface area contributed by atoms with Crippen molar-refractivity contribution in [2.45, 2.75) is 50.7 Å². The lowest BCUT2D eigenvalue weighted by Crippen LogP contribution is -2.44. The van der Waals surface area contributed by atoms with Gasteiger partial charge in [-0.2, -0.15) is 0 Å². The van der Waals surface area contributed by atoms with Crippen LogP contribution in [-0.4, -0.2) is 28.5 Å². The van der Waals surface area contributed by atoms with Gasteiger partial charge in [0.15, 0.2) is 0 Å². The minimum absolute atomic E-state index is 0.424. The molecule has 0 saturated heterocycles. The fourth-order valence-electron chi connectivity index (χ4n) is 3.24. The SMILES string of the molecule is N[C@H]1CCC[C@H](N2CCc3cnccc3C2)C1. The normalized spacial score (nSPS) is 29.9. The van der Waals surface area contributed by atoms with E-state index in [1.807, 2.05) is 12.4 Å². The standard InChI is InChI=1S/C14H21N3/c15-13-2-1-3-14(8-13)17-7-5-11-9-16-6-4-12(11)10-17/h4,6,9,13-14H,1-3,5,7-8,10,15H2/t13-,14-/m0/s1. The van der Waals surface area contributed by atoms with Gasteiger partial charge in [0.1, 0.15) is 0 Å². The van der Waals surface area contributed by atoms with E-state index in [1.165, 1.54) is 43.4 Å². The molecule has 17 heavy (non-hydrogen) atoms. The molecule has 0 spiro atoms. The molecule has 0 amide bonds. The average molecular weight is 231 g/mol. The Bertz CT molecular complexity index is 391. The molecule has 1 saturated carbocycles. The number of fused-ring (bicyclic) bond motifs is 1. The van der Waals surface area contributed by atoms with Gasteiger partial charge >= 0.3 is 0 Å². The van der Waals surface area contributed by atoms with Crippen LogP contribution in [0.2, 0.25) is 0 Å². The van der Waals surface area contributed by atoms with Crippen molar-refractivity contribution in [2.24, 2.45) is 5.73 Å². The van der Waals surface area contributed by atoms with Crippen LogP contribution < -0.4 is 5.73 Å². The van der Waals surface area contributed by atoms with Crippen molar-refractivity contribution in [3.05, 3.63) is 29.6 Å². The van der Waals surface area contributed by atoms with Gasteiger partial charge in [-0.25, -0.2) is 0 Å². The monoisotopic (exact) mass is 231 g/mol. The first-order valence-electron chi connectivity index (χ1n) is 6.74. The van der Waals surface area contributed by atoms with Crippen LogP contribution >= 0.6 is 0 Å². The van der Waals surface area contributed by atoms with Crippen molar-refractivity contribution in [2.75, 3.05) is 6.54 Å². The first-order chi connectivity index (χ1) is 8.33. The van der Waals surface area contributed by atoms with Crippen molar-refractivity contribution >= 4 is 0 Å². The summed E-state index contributed by atoms with van der Waals surface area (Å²) in [5.41, 5.74) is 8.99. The maximum absolute atomic E-state index is 6.09. The minimum Gasteiger partial charge on any atom is -0.328 e. The Labute approximate surface area is 103 Å². The third kappa shape index (κ3) is 2.35. The van der Waals surface area contributed by atoms with Crippen LogP contribution in [-0.2, 0) is 13.0 Å². The van der Waals surface area contributed by atoms with Crippen LogP contribution in [0.3, 0.4) is 0 Å². The molecule has 0 radical (unpaired) electrons. The van der Waals surface area contributed by atoms with Gasteiger partial charge in [0.25, 0.3) is 0 Å². The molecule has 1 aliphatic heterocycles. The zero-order valence-electron chi connectivity index (χ0n) is 10.3. The summed E-state index contributed by atoms with van der Waals surface area (Å²) >= 11 is 0. The van der Waals surface area contributed by atoms with E-state index in [-0.39, 0.29) is 0 Å². The number of nitrogens with two attached hydrogens (primary N) is 1. The molecule has 2 N–H and O–H groups in total. The predicted molar refractivity (Wildman–Crippen MR) is 68.6 cm³/mol. The van der Waals surface area contributed by atoms with Gasteiger partial charge in [-0.15, -0.1) is 0 Å². The summed E-state index contributed by atoms with van der Waals surface area (Å²) in [7, 11) is 0. The first kappa shape index (κ1) is 11.2. The highest BCUT2D eigenvalue weighted by Crippen LogP contribution is 2.27. The molecule has 3 rings (SSSR count). The zero-order chi connectivity index (χ0) is 11.7. The van der Waals surface area contributed by atoms with Crippen LogP contribution in [0.1, 0.15) is 36.8 Å². The quantitative estimate of drug-likeness (QED) is 0.800. The minimum atomic E-state index is 0.424. The second-order valence-electron chi connectivity index (χ2n) is 5.45. The Kier molecular flexibility index (Phi) is 3.12. The number of hydrogen-bond donors (Lipinski definition) is 1. The number of rotatable bonds is 1. The van der Waals surface area contributed by atoms with Crippen LogP contribution in [0, 0.1) is 0 Å². The van der Waals surface area contributed by atoms with Crippen LogP contribution in [0.5, 0.6) is 0 Å². The highest BCUT2D eigenvalue weighted by molar-refractivity contribution is 5.25. The number of nitrogens with zero attached hydrogens (tertiary/aromatic N) is 2. The lowest BCUT2D eigenvalue weighted by molar-refractivity contribution is 0.133. The topological polar surface area (TPSA) is 42.1 Å². The van der Waals surface area contributed by atoms with Crippen molar-refractivity contribution in [1.82, 2.24) is 9.88 Å². The third-order valence-electron chi connectivity index (χ3n) is 4.25. The highest BCUT2D eigenvalue weighted by atomic mass is 15.2. The largest absolute Gasteiger partial charge is 0.328 e. The van der Waals surface area contributed by atoms with E-state index in [2.05, 4.69) is 16.0 Å². The fourth-order valence-corrected chi connectivity index (χ4v) is 3.24. The first-order valence-corrected chi connectivity index (χ1v) is 6.74. The molecule has 3 nitrogen and oxygen atoms in total. The second kappa shape index (κ2) is 4.75. The molecule has 0 bridgehead atoms. The summed E-state index contributed by atoms with van der Waals surface area (Å²) in [6.07, 6.45) is 10.1. The van der Waals surface area contributed by atoms with E-state index >= 15 is 0 Å². The van der Waals surface area contributed by atoms with E-state index in [1.54, 1.807) is 0 Å². The van der Waals surface area contributed by atoms with Gasteiger partial charge in [-0.1, -0.05) is 6.42 Å². The fraction of sp³-hybridized carbons (Fsp3) is 0.643. The Morgan fingerprint density at radius 2 is 2.24 bits per heavy atom. The van der Waals surface area contributed by atoms with E-state index in [0.29, 0.717) is 12.1 Å². The average Bonchev–Trinajstić information content (AvgIpc) is 2.38. The number of aromatic nitrogens is 1. The Hall–Kier alpha value is -0.930. The molecule has 1 aromatic rings. The van der Waals surface area contributed by atoms with E-state index in [0.717, 1.165) is 13.0 Å². The van der Waals surface area contributed by atoms with E-state index in [4.69, 9.17) is 5.73 Å². The molecule has 0 aromatic carbocycles. The van der Waals surface area contributed by atoms with Gasteiger partial charge in [0.2, 0.25) is 0 Å². The van der Waals surface area contributed by atoms with Crippen molar-refractivity contribution in [3.8, 4) is 0 Å². The molecule has 3 heteroatoms. The molecule has 1 aromatic heterocycles. The molecular weight excluding hydrogens is 210 g/mol. The summed E-state index contributed by atoms with van der Waals surface area (Å²) in [5, 5.41) is 0. The van der Waals surface area contributed by atoms with E-state index < -0.39 is 0 Å².